The van der Waals surface area contributed by atoms with Crippen LogP contribution in [0.5, 0.6) is 5.75 Å². The van der Waals surface area contributed by atoms with Crippen molar-refractivity contribution in [1.29, 1.82) is 5.26 Å². The summed E-state index contributed by atoms with van der Waals surface area (Å²) in [5, 5.41) is 9.21. The molecule has 1 heterocycles. The monoisotopic (exact) mass is 349 g/mol. The average molecular weight is 349 g/mol. The molecular weight excluding hydrogens is 330 g/mol. The van der Waals surface area contributed by atoms with Gasteiger partial charge in [0.15, 0.2) is 0 Å². The summed E-state index contributed by atoms with van der Waals surface area (Å²) >= 11 is 0. The number of carbonyl (C=O) groups is 2. The molecule has 26 heavy (non-hydrogen) atoms. The second kappa shape index (κ2) is 7.28. The normalized spacial score (nSPS) is 17.0. The SMILES string of the molecule is COc1ccc(N2CCN(C(=O)c3ccccc3C#N)[C@@H](C)C2=O)cc1. The maximum absolute atomic E-state index is 12.8. The van der Waals surface area contributed by atoms with Crippen molar-refractivity contribution >= 4 is 17.5 Å². The van der Waals surface area contributed by atoms with Crippen molar-refractivity contribution in [2.75, 3.05) is 25.1 Å². The topological polar surface area (TPSA) is 73.6 Å². The maximum Gasteiger partial charge on any atom is 0.255 e. The molecule has 2 aromatic rings. The van der Waals surface area contributed by atoms with Crippen molar-refractivity contribution in [3.8, 4) is 11.8 Å². The van der Waals surface area contributed by atoms with Gasteiger partial charge in [0.25, 0.3) is 5.91 Å². The third-order valence-corrected chi connectivity index (χ3v) is 4.58. The van der Waals surface area contributed by atoms with Crippen molar-refractivity contribution in [3.05, 3.63) is 59.7 Å². The number of methoxy groups -OCH3 is 1. The Balaban J connectivity index is 1.81. The van der Waals surface area contributed by atoms with Gasteiger partial charge in [-0.05, 0) is 43.3 Å². The van der Waals surface area contributed by atoms with Crippen molar-refractivity contribution in [2.45, 2.75) is 13.0 Å². The quantitative estimate of drug-likeness (QED) is 0.853. The number of hydrogen-bond acceptors (Lipinski definition) is 4. The van der Waals surface area contributed by atoms with E-state index in [-0.39, 0.29) is 11.8 Å². The van der Waals surface area contributed by atoms with E-state index in [1.807, 2.05) is 18.2 Å². The van der Waals surface area contributed by atoms with E-state index in [4.69, 9.17) is 4.74 Å². The number of amides is 2. The van der Waals surface area contributed by atoms with Crippen LogP contribution in [0.15, 0.2) is 48.5 Å². The zero-order valence-electron chi connectivity index (χ0n) is 14.7. The van der Waals surface area contributed by atoms with Gasteiger partial charge >= 0.3 is 0 Å². The molecular formula is C20H19N3O3. The Morgan fingerprint density at radius 2 is 1.85 bits per heavy atom. The van der Waals surface area contributed by atoms with Gasteiger partial charge in [-0.2, -0.15) is 5.26 Å². The van der Waals surface area contributed by atoms with Crippen LogP contribution in [0, 0.1) is 11.3 Å². The van der Waals surface area contributed by atoms with Crippen molar-refractivity contribution in [1.82, 2.24) is 4.90 Å². The van der Waals surface area contributed by atoms with Gasteiger partial charge in [-0.25, -0.2) is 0 Å². The van der Waals surface area contributed by atoms with E-state index in [0.717, 1.165) is 11.4 Å². The summed E-state index contributed by atoms with van der Waals surface area (Å²) in [5.41, 5.74) is 1.41. The largest absolute Gasteiger partial charge is 0.497 e. The molecule has 1 atom stereocenters. The van der Waals surface area contributed by atoms with E-state index in [2.05, 4.69) is 0 Å². The first-order chi connectivity index (χ1) is 12.6. The molecule has 2 amide bonds. The zero-order chi connectivity index (χ0) is 18.7. The molecule has 6 nitrogen and oxygen atoms in total. The van der Waals surface area contributed by atoms with Crippen molar-refractivity contribution in [3.63, 3.8) is 0 Å². The van der Waals surface area contributed by atoms with Crippen LogP contribution in [0.4, 0.5) is 5.69 Å². The molecule has 0 N–H and O–H groups in total. The molecule has 0 unspecified atom stereocenters. The molecule has 6 heteroatoms. The van der Waals surface area contributed by atoms with Crippen LogP contribution in [-0.2, 0) is 4.79 Å². The molecule has 1 fully saturated rings. The van der Waals surface area contributed by atoms with E-state index in [1.165, 1.54) is 4.90 Å². The minimum atomic E-state index is -0.606. The van der Waals surface area contributed by atoms with Gasteiger partial charge in [0.05, 0.1) is 24.3 Å². The molecule has 0 bridgehead atoms. The highest BCUT2D eigenvalue weighted by Crippen LogP contribution is 2.24. The molecule has 1 aliphatic heterocycles. The fourth-order valence-corrected chi connectivity index (χ4v) is 3.09. The van der Waals surface area contributed by atoms with Gasteiger partial charge in [0, 0.05) is 18.8 Å². The van der Waals surface area contributed by atoms with Gasteiger partial charge in [0.2, 0.25) is 5.91 Å². The summed E-state index contributed by atoms with van der Waals surface area (Å²) in [4.78, 5) is 28.9. The van der Waals surface area contributed by atoms with Gasteiger partial charge in [0.1, 0.15) is 11.8 Å². The Kier molecular flexibility index (Phi) is 4.90. The molecule has 2 aromatic carbocycles. The Morgan fingerprint density at radius 1 is 1.15 bits per heavy atom. The molecule has 1 aliphatic rings. The van der Waals surface area contributed by atoms with E-state index in [9.17, 15) is 14.9 Å². The number of benzene rings is 2. The van der Waals surface area contributed by atoms with Gasteiger partial charge in [-0.3, -0.25) is 9.59 Å². The lowest BCUT2D eigenvalue weighted by Gasteiger charge is -2.39. The van der Waals surface area contributed by atoms with Crippen LogP contribution < -0.4 is 9.64 Å². The number of nitriles is 1. The second-order valence-corrected chi connectivity index (χ2v) is 6.02. The number of carbonyl (C=O) groups excluding carboxylic acids is 2. The lowest BCUT2D eigenvalue weighted by atomic mass is 10.0. The van der Waals surface area contributed by atoms with Crippen LogP contribution >= 0.6 is 0 Å². The summed E-state index contributed by atoms with van der Waals surface area (Å²) in [6.07, 6.45) is 0. The molecule has 132 valence electrons. The highest BCUT2D eigenvalue weighted by Gasteiger charge is 2.35. The van der Waals surface area contributed by atoms with E-state index < -0.39 is 6.04 Å². The lowest BCUT2D eigenvalue weighted by Crippen LogP contribution is -2.57. The molecule has 3 rings (SSSR count). The highest BCUT2D eigenvalue weighted by atomic mass is 16.5. The van der Waals surface area contributed by atoms with E-state index >= 15 is 0 Å². The molecule has 0 aromatic heterocycles. The Hall–Kier alpha value is -3.33. The second-order valence-electron chi connectivity index (χ2n) is 6.02. The smallest absolute Gasteiger partial charge is 0.255 e. The Labute approximate surface area is 152 Å². The summed E-state index contributed by atoms with van der Waals surface area (Å²) in [7, 11) is 1.59. The van der Waals surface area contributed by atoms with Gasteiger partial charge in [-0.15, -0.1) is 0 Å². The molecule has 0 radical (unpaired) electrons. The first kappa shape index (κ1) is 17.5. The minimum absolute atomic E-state index is 0.149. The van der Waals surface area contributed by atoms with Crippen LogP contribution in [0.1, 0.15) is 22.8 Å². The van der Waals surface area contributed by atoms with Crippen LogP contribution in [0.2, 0.25) is 0 Å². The molecule has 0 aliphatic carbocycles. The Bertz CT molecular complexity index is 871. The zero-order valence-corrected chi connectivity index (χ0v) is 14.7. The number of rotatable bonds is 3. The van der Waals surface area contributed by atoms with Crippen LogP contribution in [0.3, 0.4) is 0 Å². The number of anilines is 1. The van der Waals surface area contributed by atoms with Gasteiger partial charge in [-0.1, -0.05) is 12.1 Å². The average Bonchev–Trinajstić information content (AvgIpc) is 2.69. The maximum atomic E-state index is 12.8. The first-order valence-electron chi connectivity index (χ1n) is 8.32. The predicted octanol–water partition coefficient (Wildman–Crippen LogP) is 2.44. The fourth-order valence-electron chi connectivity index (χ4n) is 3.09. The van der Waals surface area contributed by atoms with Crippen molar-refractivity contribution in [2.24, 2.45) is 0 Å². The molecule has 1 saturated heterocycles. The predicted molar refractivity (Wildman–Crippen MR) is 97.0 cm³/mol. The van der Waals surface area contributed by atoms with Gasteiger partial charge < -0.3 is 14.5 Å². The standard InChI is InChI=1S/C20H19N3O3/c1-14-19(24)23(16-7-9-17(26-2)10-8-16)12-11-22(14)20(25)18-6-4-3-5-15(18)13-21/h3-10,14H,11-12H2,1-2H3/t14-/m0/s1. The number of hydrogen-bond donors (Lipinski definition) is 0. The number of nitrogens with zero attached hydrogens (tertiary/aromatic N) is 3. The van der Waals surface area contributed by atoms with Crippen molar-refractivity contribution < 1.29 is 14.3 Å². The molecule has 0 saturated carbocycles. The first-order valence-corrected chi connectivity index (χ1v) is 8.32. The summed E-state index contributed by atoms with van der Waals surface area (Å²) in [6.45, 7) is 2.51. The summed E-state index contributed by atoms with van der Waals surface area (Å²) in [5.74, 6) is 0.276. The van der Waals surface area contributed by atoms with E-state index in [0.29, 0.717) is 24.2 Å². The highest BCUT2D eigenvalue weighted by molar-refractivity contribution is 6.04. The minimum Gasteiger partial charge on any atom is -0.497 e. The van der Waals surface area contributed by atoms with Crippen LogP contribution in [0.25, 0.3) is 0 Å². The number of ether oxygens (including phenoxy) is 1. The molecule has 0 spiro atoms. The third kappa shape index (κ3) is 3.11. The Morgan fingerprint density at radius 3 is 2.50 bits per heavy atom. The van der Waals surface area contributed by atoms with Crippen LogP contribution in [-0.4, -0.2) is 43.0 Å². The summed E-state index contributed by atoms with van der Waals surface area (Å²) in [6, 6.07) is 15.3. The fraction of sp³-hybridized carbons (Fsp3) is 0.250. The van der Waals surface area contributed by atoms with E-state index in [1.54, 1.807) is 55.3 Å². The lowest BCUT2D eigenvalue weighted by molar-refractivity contribution is -0.124. The number of piperazine rings is 1. The summed E-state index contributed by atoms with van der Waals surface area (Å²) < 4.78 is 5.14. The third-order valence-electron chi connectivity index (χ3n) is 4.58.